The zero-order chi connectivity index (χ0) is 20.2. The van der Waals surface area contributed by atoms with E-state index in [0.717, 1.165) is 42.4 Å². The number of nitrogens with zero attached hydrogens (tertiary/aromatic N) is 2. The summed E-state index contributed by atoms with van der Waals surface area (Å²) in [4.78, 5) is 16.6. The first-order valence-electron chi connectivity index (χ1n) is 9.93. The van der Waals surface area contributed by atoms with E-state index < -0.39 is 0 Å². The van der Waals surface area contributed by atoms with Gasteiger partial charge in [-0.3, -0.25) is 4.90 Å². The maximum atomic E-state index is 12.4. The lowest BCUT2D eigenvalue weighted by Gasteiger charge is -2.34. The Kier molecular flexibility index (Phi) is 5.76. The van der Waals surface area contributed by atoms with E-state index in [1.807, 2.05) is 49.1 Å². The number of ether oxygens (including phenoxy) is 3. The van der Waals surface area contributed by atoms with Crippen molar-refractivity contribution in [2.24, 2.45) is 0 Å². The number of rotatable bonds is 5. The van der Waals surface area contributed by atoms with Crippen molar-refractivity contribution in [3.63, 3.8) is 0 Å². The number of hydrogen-bond acceptors (Lipinski definition) is 5. The summed E-state index contributed by atoms with van der Waals surface area (Å²) in [5.74, 6) is 2.42. The molecule has 0 atom stereocenters. The quantitative estimate of drug-likeness (QED) is 0.786. The van der Waals surface area contributed by atoms with Gasteiger partial charge in [0.2, 0.25) is 6.79 Å². The summed E-state index contributed by atoms with van der Waals surface area (Å²) < 4.78 is 16.5. The second-order valence-corrected chi connectivity index (χ2v) is 7.42. The number of urea groups is 1. The Morgan fingerprint density at radius 2 is 1.86 bits per heavy atom. The van der Waals surface area contributed by atoms with Gasteiger partial charge in [0.05, 0.1) is 0 Å². The molecule has 0 saturated carbocycles. The molecule has 0 unspecified atom stereocenters. The molecule has 7 heteroatoms. The second-order valence-electron chi connectivity index (χ2n) is 7.42. The molecule has 2 aromatic rings. The number of nitrogens with one attached hydrogen (secondary N) is 1. The van der Waals surface area contributed by atoms with Crippen molar-refractivity contribution in [1.82, 2.24) is 15.1 Å². The molecule has 2 aliphatic heterocycles. The van der Waals surface area contributed by atoms with Crippen molar-refractivity contribution in [3.8, 4) is 17.2 Å². The number of amides is 2. The summed E-state index contributed by atoms with van der Waals surface area (Å²) in [6.07, 6.45) is 0. The maximum absolute atomic E-state index is 12.4. The number of fused-ring (bicyclic) bond motifs is 1. The number of aryl methyl sites for hydroxylation is 1. The summed E-state index contributed by atoms with van der Waals surface area (Å²) in [5.41, 5.74) is 3.46. The van der Waals surface area contributed by atoms with Gasteiger partial charge in [-0.25, -0.2) is 4.79 Å². The molecule has 29 heavy (non-hydrogen) atoms. The monoisotopic (exact) mass is 397 g/mol. The van der Waals surface area contributed by atoms with Gasteiger partial charge in [0.25, 0.3) is 0 Å². The lowest BCUT2D eigenvalue weighted by molar-refractivity contribution is 0.130. The molecule has 1 fully saturated rings. The smallest absolute Gasteiger partial charge is 0.320 e. The molecule has 7 nitrogen and oxygen atoms in total. The number of carbonyl (C=O) groups excluding carboxylic acids is 1. The first kappa shape index (κ1) is 19.4. The largest absolute Gasteiger partial charge is 0.473 e. The van der Waals surface area contributed by atoms with Gasteiger partial charge in [0, 0.05) is 32.7 Å². The second kappa shape index (κ2) is 8.61. The number of piperazine rings is 1. The van der Waals surface area contributed by atoms with Crippen LogP contribution in [-0.4, -0.2) is 55.5 Å². The molecule has 154 valence electrons. The van der Waals surface area contributed by atoms with E-state index in [9.17, 15) is 4.79 Å². The standard InChI is InChI=1S/C22H27N3O4/c1-16-4-3-5-19(17(16)2)27-14-23-22(26)25-10-8-24(9-11-25)13-18-6-7-20-21(12-18)29-15-28-20/h3-7,12H,8-11,13-15H2,1-2H3,(H,23,26). The van der Waals surface area contributed by atoms with Gasteiger partial charge in [-0.2, -0.15) is 0 Å². The molecule has 2 amide bonds. The first-order chi connectivity index (χ1) is 14.1. The van der Waals surface area contributed by atoms with Gasteiger partial charge in [-0.05, 0) is 48.7 Å². The fraction of sp³-hybridized carbons (Fsp3) is 0.409. The molecule has 2 heterocycles. The normalized spacial score (nSPS) is 16.0. The van der Waals surface area contributed by atoms with Crippen molar-refractivity contribution in [2.75, 3.05) is 39.7 Å². The van der Waals surface area contributed by atoms with Crippen molar-refractivity contribution >= 4 is 6.03 Å². The molecule has 0 aromatic heterocycles. The van der Waals surface area contributed by atoms with E-state index in [1.54, 1.807) is 0 Å². The van der Waals surface area contributed by atoms with Crippen LogP contribution in [0.5, 0.6) is 17.2 Å². The molecule has 2 aromatic carbocycles. The van der Waals surface area contributed by atoms with Gasteiger partial charge in [-0.15, -0.1) is 0 Å². The van der Waals surface area contributed by atoms with Crippen LogP contribution in [0.25, 0.3) is 0 Å². The highest BCUT2D eigenvalue weighted by Gasteiger charge is 2.22. The van der Waals surface area contributed by atoms with Crippen LogP contribution in [0.15, 0.2) is 36.4 Å². The minimum absolute atomic E-state index is 0.0852. The molecular formula is C22H27N3O4. The Morgan fingerprint density at radius 1 is 1.07 bits per heavy atom. The molecule has 0 bridgehead atoms. The van der Waals surface area contributed by atoms with Crippen LogP contribution in [0.3, 0.4) is 0 Å². The van der Waals surface area contributed by atoms with Crippen molar-refractivity contribution < 1.29 is 19.0 Å². The van der Waals surface area contributed by atoms with E-state index >= 15 is 0 Å². The minimum atomic E-state index is -0.0852. The van der Waals surface area contributed by atoms with Crippen LogP contribution >= 0.6 is 0 Å². The van der Waals surface area contributed by atoms with Gasteiger partial charge >= 0.3 is 6.03 Å². The lowest BCUT2D eigenvalue weighted by Crippen LogP contribution is -2.51. The Balaban J connectivity index is 1.21. The van der Waals surface area contributed by atoms with E-state index in [4.69, 9.17) is 14.2 Å². The highest BCUT2D eigenvalue weighted by atomic mass is 16.7. The highest BCUT2D eigenvalue weighted by Crippen LogP contribution is 2.32. The topological polar surface area (TPSA) is 63.3 Å². The van der Waals surface area contributed by atoms with Crippen LogP contribution in [0, 0.1) is 13.8 Å². The lowest BCUT2D eigenvalue weighted by atomic mass is 10.1. The molecule has 1 N–H and O–H groups in total. The Bertz CT molecular complexity index is 878. The van der Waals surface area contributed by atoms with Crippen LogP contribution in [0.4, 0.5) is 4.79 Å². The fourth-order valence-corrected chi connectivity index (χ4v) is 3.57. The number of carbonyl (C=O) groups is 1. The fourth-order valence-electron chi connectivity index (χ4n) is 3.57. The van der Waals surface area contributed by atoms with Crippen LogP contribution in [0.1, 0.15) is 16.7 Å². The Labute approximate surface area is 171 Å². The minimum Gasteiger partial charge on any atom is -0.473 e. The van der Waals surface area contributed by atoms with Crippen LogP contribution in [0.2, 0.25) is 0 Å². The summed E-state index contributed by atoms with van der Waals surface area (Å²) >= 11 is 0. The molecule has 0 spiro atoms. The summed E-state index contributed by atoms with van der Waals surface area (Å²) in [7, 11) is 0. The van der Waals surface area contributed by atoms with E-state index in [2.05, 4.69) is 16.3 Å². The SMILES string of the molecule is Cc1cccc(OCNC(=O)N2CCN(Cc3ccc4c(c3)OCO4)CC2)c1C. The van der Waals surface area contributed by atoms with Crippen LogP contribution < -0.4 is 19.5 Å². The van der Waals surface area contributed by atoms with Gasteiger partial charge in [0.1, 0.15) is 5.75 Å². The van der Waals surface area contributed by atoms with E-state index in [1.165, 1.54) is 11.1 Å². The van der Waals surface area contributed by atoms with Gasteiger partial charge in [-0.1, -0.05) is 18.2 Å². The average molecular weight is 397 g/mol. The van der Waals surface area contributed by atoms with Gasteiger partial charge < -0.3 is 24.4 Å². The van der Waals surface area contributed by atoms with Crippen LogP contribution in [-0.2, 0) is 6.54 Å². The summed E-state index contributed by atoms with van der Waals surface area (Å²) in [5, 5.41) is 2.86. The maximum Gasteiger partial charge on any atom is 0.320 e. The first-order valence-corrected chi connectivity index (χ1v) is 9.93. The molecular weight excluding hydrogens is 370 g/mol. The molecule has 0 radical (unpaired) electrons. The summed E-state index contributed by atoms with van der Waals surface area (Å²) in [6.45, 7) is 8.41. The van der Waals surface area contributed by atoms with Crippen molar-refractivity contribution in [3.05, 3.63) is 53.1 Å². The molecule has 4 rings (SSSR count). The highest BCUT2D eigenvalue weighted by molar-refractivity contribution is 5.74. The number of hydrogen-bond donors (Lipinski definition) is 1. The van der Waals surface area contributed by atoms with E-state index in [-0.39, 0.29) is 12.8 Å². The average Bonchev–Trinajstić information content (AvgIpc) is 3.19. The third-order valence-corrected chi connectivity index (χ3v) is 5.51. The molecule has 1 saturated heterocycles. The molecule has 2 aliphatic rings. The predicted molar refractivity (Wildman–Crippen MR) is 109 cm³/mol. The molecule has 0 aliphatic carbocycles. The predicted octanol–water partition coefficient (Wildman–Crippen LogP) is 2.90. The zero-order valence-electron chi connectivity index (χ0n) is 16.9. The third kappa shape index (κ3) is 4.56. The Morgan fingerprint density at radius 3 is 2.69 bits per heavy atom. The third-order valence-electron chi connectivity index (χ3n) is 5.51. The summed E-state index contributed by atoms with van der Waals surface area (Å²) in [6, 6.07) is 11.9. The van der Waals surface area contributed by atoms with Gasteiger partial charge in [0.15, 0.2) is 18.2 Å². The van der Waals surface area contributed by atoms with Crippen molar-refractivity contribution in [1.29, 1.82) is 0 Å². The Hall–Kier alpha value is -2.93. The number of benzene rings is 2. The zero-order valence-corrected chi connectivity index (χ0v) is 16.9. The van der Waals surface area contributed by atoms with E-state index in [0.29, 0.717) is 19.9 Å². The van der Waals surface area contributed by atoms with Crippen molar-refractivity contribution in [2.45, 2.75) is 20.4 Å².